The van der Waals surface area contributed by atoms with Gasteiger partial charge in [-0.05, 0) is 48.6 Å². The maximum atomic E-state index is 12.9. The minimum Gasteiger partial charge on any atom is -0.384 e. The molecule has 3 heterocycles. The Labute approximate surface area is 210 Å². The fraction of sp³-hybridized carbons (Fsp3) is 0.370. The third-order valence-corrected chi connectivity index (χ3v) is 5.83. The number of aryl methyl sites for hydroxylation is 1. The van der Waals surface area contributed by atoms with Gasteiger partial charge in [0, 0.05) is 48.7 Å². The van der Waals surface area contributed by atoms with Gasteiger partial charge in [0.05, 0.1) is 11.9 Å². The lowest BCUT2D eigenvalue weighted by Crippen LogP contribution is -2.13. The summed E-state index contributed by atoms with van der Waals surface area (Å²) in [6.45, 7) is 10.9. The van der Waals surface area contributed by atoms with Crippen molar-refractivity contribution in [3.05, 3.63) is 71.4 Å². The Balaban J connectivity index is 1.54. The van der Waals surface area contributed by atoms with E-state index in [0.29, 0.717) is 35.4 Å². The van der Waals surface area contributed by atoms with Crippen LogP contribution in [0.5, 0.6) is 0 Å². The van der Waals surface area contributed by atoms with Gasteiger partial charge in [-0.15, -0.1) is 5.10 Å². The third kappa shape index (κ3) is 5.85. The molecule has 1 aromatic carbocycles. The highest BCUT2D eigenvalue weighted by Gasteiger charge is 2.21. The van der Waals surface area contributed by atoms with Gasteiger partial charge < -0.3 is 14.6 Å². The predicted octanol–water partition coefficient (Wildman–Crippen LogP) is 5.00. The van der Waals surface area contributed by atoms with Gasteiger partial charge >= 0.3 is 0 Å². The molecule has 0 fully saturated rings. The van der Waals surface area contributed by atoms with Crippen molar-refractivity contribution in [2.45, 2.75) is 46.5 Å². The number of nitrogens with one attached hydrogen (secondary N) is 1. The first-order valence-electron chi connectivity index (χ1n) is 11.9. The smallest absolute Gasteiger partial charge is 0.256 e. The van der Waals surface area contributed by atoms with Crippen LogP contribution in [0.25, 0.3) is 16.9 Å². The van der Waals surface area contributed by atoms with E-state index in [0.717, 1.165) is 28.8 Å². The zero-order valence-electron chi connectivity index (χ0n) is 21.6. The quantitative estimate of drug-likeness (QED) is 0.372. The molecular weight excluding hydrogens is 456 g/mol. The number of hydrogen-bond donors (Lipinski definition) is 1. The van der Waals surface area contributed by atoms with Gasteiger partial charge in [0.15, 0.2) is 5.82 Å². The van der Waals surface area contributed by atoms with Crippen LogP contribution in [0, 0.1) is 12.8 Å². The summed E-state index contributed by atoms with van der Waals surface area (Å²) in [6, 6.07) is 9.26. The molecule has 4 aromatic rings. The van der Waals surface area contributed by atoms with Crippen molar-refractivity contribution in [3.63, 3.8) is 0 Å². The Morgan fingerprint density at radius 3 is 2.72 bits per heavy atom. The Bertz CT molecular complexity index is 1350. The number of nitrogens with zero attached hydrogens (tertiary/aromatic N) is 5. The van der Waals surface area contributed by atoms with Gasteiger partial charge in [0.25, 0.3) is 5.91 Å². The Hall–Kier alpha value is -3.85. The topological polar surface area (TPSA) is 108 Å². The summed E-state index contributed by atoms with van der Waals surface area (Å²) in [5.41, 5.74) is 4.70. The molecule has 9 heteroatoms. The molecule has 1 unspecified atom stereocenters. The van der Waals surface area contributed by atoms with Crippen LogP contribution in [0.15, 0.2) is 53.4 Å². The van der Waals surface area contributed by atoms with E-state index in [1.54, 1.807) is 36.2 Å². The van der Waals surface area contributed by atoms with E-state index in [2.05, 4.69) is 38.8 Å². The van der Waals surface area contributed by atoms with E-state index in [4.69, 9.17) is 9.26 Å². The minimum atomic E-state index is -0.285. The zero-order chi connectivity index (χ0) is 25.9. The summed E-state index contributed by atoms with van der Waals surface area (Å²) in [6.07, 6.45) is 6.35. The van der Waals surface area contributed by atoms with E-state index >= 15 is 0 Å². The van der Waals surface area contributed by atoms with Crippen LogP contribution >= 0.6 is 0 Å². The van der Waals surface area contributed by atoms with E-state index in [-0.39, 0.29) is 11.3 Å². The summed E-state index contributed by atoms with van der Waals surface area (Å²) >= 11 is 0. The first-order chi connectivity index (χ1) is 17.1. The van der Waals surface area contributed by atoms with Crippen LogP contribution in [0.3, 0.4) is 0 Å². The lowest BCUT2D eigenvalue weighted by molar-refractivity contribution is 0.102. The van der Waals surface area contributed by atoms with Gasteiger partial charge in [-0.1, -0.05) is 44.1 Å². The lowest BCUT2D eigenvalue weighted by Gasteiger charge is -2.12. The average molecular weight is 489 g/mol. The Morgan fingerprint density at radius 2 is 2.00 bits per heavy atom. The third-order valence-electron chi connectivity index (χ3n) is 5.83. The van der Waals surface area contributed by atoms with Crippen molar-refractivity contribution >= 4 is 11.7 Å². The highest BCUT2D eigenvalue weighted by atomic mass is 16.5. The number of aromatic nitrogens is 5. The van der Waals surface area contributed by atoms with E-state index in [1.165, 1.54) is 0 Å². The molecule has 0 aliphatic carbocycles. The Morgan fingerprint density at radius 1 is 1.19 bits per heavy atom. The predicted molar refractivity (Wildman–Crippen MR) is 137 cm³/mol. The molecule has 1 N–H and O–H groups in total. The lowest BCUT2D eigenvalue weighted by atomic mass is 9.93. The van der Waals surface area contributed by atoms with Gasteiger partial charge in [-0.2, -0.15) is 0 Å². The molecule has 0 saturated heterocycles. The second-order valence-corrected chi connectivity index (χ2v) is 10.2. The number of carbonyl (C=O) groups is 1. The summed E-state index contributed by atoms with van der Waals surface area (Å²) in [5.74, 6) is 1.18. The SMILES string of the molecule is COCC(C)Cc1cncc(-c2cn(-c3cc(C(=O)Nc4cc(C(C)(C)C)on4)ccc3C)nn2)c1. The molecule has 0 saturated carbocycles. The van der Waals surface area contributed by atoms with E-state index in [9.17, 15) is 4.79 Å². The molecule has 1 amide bonds. The molecule has 0 radical (unpaired) electrons. The van der Waals surface area contributed by atoms with Crippen molar-refractivity contribution in [2.24, 2.45) is 5.92 Å². The van der Waals surface area contributed by atoms with Crippen molar-refractivity contribution in [3.8, 4) is 16.9 Å². The number of ether oxygens (including phenoxy) is 1. The number of amides is 1. The zero-order valence-corrected chi connectivity index (χ0v) is 21.6. The molecule has 36 heavy (non-hydrogen) atoms. The molecule has 4 rings (SSSR count). The molecule has 0 spiro atoms. The van der Waals surface area contributed by atoms with Crippen LogP contribution in [-0.4, -0.2) is 44.8 Å². The summed E-state index contributed by atoms with van der Waals surface area (Å²) in [7, 11) is 1.71. The maximum absolute atomic E-state index is 12.9. The number of methoxy groups -OCH3 is 1. The molecule has 3 aromatic heterocycles. The highest BCUT2D eigenvalue weighted by molar-refractivity contribution is 6.04. The monoisotopic (exact) mass is 488 g/mol. The highest BCUT2D eigenvalue weighted by Crippen LogP contribution is 2.25. The average Bonchev–Trinajstić information content (AvgIpc) is 3.50. The normalized spacial score (nSPS) is 12.5. The number of anilines is 1. The summed E-state index contributed by atoms with van der Waals surface area (Å²) in [4.78, 5) is 17.3. The first kappa shape index (κ1) is 25.2. The molecule has 0 aliphatic rings. The molecule has 0 aliphatic heterocycles. The molecular formula is C27H32N6O3. The van der Waals surface area contributed by atoms with Crippen molar-refractivity contribution in [1.29, 1.82) is 0 Å². The van der Waals surface area contributed by atoms with Crippen molar-refractivity contribution < 1.29 is 14.1 Å². The van der Waals surface area contributed by atoms with Gasteiger partial charge in [0.2, 0.25) is 0 Å². The van der Waals surface area contributed by atoms with Crippen molar-refractivity contribution in [1.82, 2.24) is 25.1 Å². The second kappa shape index (κ2) is 10.4. The number of rotatable bonds is 8. The molecule has 188 valence electrons. The van der Waals surface area contributed by atoms with Crippen LogP contribution in [0.2, 0.25) is 0 Å². The number of pyridine rings is 1. The summed E-state index contributed by atoms with van der Waals surface area (Å²) < 4.78 is 12.3. The van der Waals surface area contributed by atoms with E-state index < -0.39 is 0 Å². The van der Waals surface area contributed by atoms with E-state index in [1.807, 2.05) is 46.2 Å². The fourth-order valence-electron chi connectivity index (χ4n) is 3.87. The van der Waals surface area contributed by atoms with Crippen LogP contribution in [0.1, 0.15) is 54.9 Å². The second-order valence-electron chi connectivity index (χ2n) is 10.2. The van der Waals surface area contributed by atoms with Gasteiger partial charge in [-0.3, -0.25) is 9.78 Å². The standard InChI is InChI=1S/C27H32N6O3/c1-17(16-35-6)9-19-10-21(14-28-13-19)22-15-33(32-30-22)23-11-20(8-7-18(23)2)26(34)29-25-12-24(36-31-25)27(3,4)5/h7-8,10-15,17H,9,16H2,1-6H3,(H,29,31,34). The van der Waals surface area contributed by atoms with Gasteiger partial charge in [0.1, 0.15) is 11.5 Å². The number of carbonyl (C=O) groups excluding carboxylic acids is 1. The van der Waals surface area contributed by atoms with Crippen LogP contribution < -0.4 is 5.32 Å². The van der Waals surface area contributed by atoms with Crippen LogP contribution in [-0.2, 0) is 16.6 Å². The van der Waals surface area contributed by atoms with Gasteiger partial charge in [-0.25, -0.2) is 4.68 Å². The number of hydrogen-bond acceptors (Lipinski definition) is 7. The van der Waals surface area contributed by atoms with Crippen molar-refractivity contribution in [2.75, 3.05) is 19.0 Å². The summed E-state index contributed by atoms with van der Waals surface area (Å²) in [5, 5.41) is 15.4. The minimum absolute atomic E-state index is 0.199. The number of benzene rings is 1. The molecule has 1 atom stereocenters. The molecule has 0 bridgehead atoms. The molecule has 9 nitrogen and oxygen atoms in total. The fourth-order valence-corrected chi connectivity index (χ4v) is 3.87. The largest absolute Gasteiger partial charge is 0.384 e. The maximum Gasteiger partial charge on any atom is 0.256 e. The first-order valence-corrected chi connectivity index (χ1v) is 11.9. The Kier molecular flexibility index (Phi) is 7.30. The van der Waals surface area contributed by atoms with Crippen LogP contribution in [0.4, 0.5) is 5.82 Å².